The highest BCUT2D eigenvalue weighted by molar-refractivity contribution is 5.99. The van der Waals surface area contributed by atoms with E-state index in [1.54, 1.807) is 12.3 Å². The lowest BCUT2D eigenvalue weighted by Gasteiger charge is -2.16. The minimum atomic E-state index is -0.542. The van der Waals surface area contributed by atoms with Crippen LogP contribution in [0.5, 0.6) is 0 Å². The van der Waals surface area contributed by atoms with Gasteiger partial charge in [0.15, 0.2) is 12.4 Å². The van der Waals surface area contributed by atoms with Gasteiger partial charge in [-0.05, 0) is 55.0 Å². The first-order chi connectivity index (χ1) is 13.7. The molecule has 3 aromatic rings. The summed E-state index contributed by atoms with van der Waals surface area (Å²) in [6.07, 6.45) is 9.18. The lowest BCUT2D eigenvalue weighted by molar-refractivity contribution is -0.136. The maximum absolute atomic E-state index is 12.4. The van der Waals surface area contributed by atoms with Crippen molar-refractivity contribution in [3.8, 4) is 0 Å². The number of hydrogen-bond donors (Lipinski definition) is 0. The number of hydrogen-bond acceptors (Lipinski definition) is 4. The molecule has 0 radical (unpaired) electrons. The zero-order chi connectivity index (χ0) is 19.3. The van der Waals surface area contributed by atoms with Gasteiger partial charge in [-0.1, -0.05) is 36.4 Å². The summed E-state index contributed by atoms with van der Waals surface area (Å²) >= 11 is 0. The Kier molecular flexibility index (Phi) is 5.29. The van der Waals surface area contributed by atoms with Gasteiger partial charge in [-0.3, -0.25) is 9.78 Å². The van der Waals surface area contributed by atoms with E-state index >= 15 is 0 Å². The van der Waals surface area contributed by atoms with Crippen LogP contribution in [0.15, 0.2) is 60.8 Å². The third-order valence-electron chi connectivity index (χ3n) is 5.08. The number of fused-ring (bicyclic) bond motifs is 2. The van der Waals surface area contributed by atoms with Crippen molar-refractivity contribution in [3.05, 3.63) is 83.1 Å². The van der Waals surface area contributed by atoms with E-state index in [-0.39, 0.29) is 12.4 Å². The van der Waals surface area contributed by atoms with E-state index in [1.165, 1.54) is 23.6 Å². The molecular weight excluding hydrogens is 350 g/mol. The summed E-state index contributed by atoms with van der Waals surface area (Å²) in [5.74, 6) is -0.721. The number of carbonyl (C=O) groups excluding carboxylic acids is 2. The van der Waals surface area contributed by atoms with Crippen LogP contribution in [0.25, 0.3) is 17.0 Å². The van der Waals surface area contributed by atoms with Crippen molar-refractivity contribution < 1.29 is 14.3 Å². The van der Waals surface area contributed by atoms with Gasteiger partial charge in [-0.15, -0.1) is 0 Å². The minimum Gasteiger partial charge on any atom is -0.454 e. The van der Waals surface area contributed by atoms with Crippen LogP contribution >= 0.6 is 0 Å². The summed E-state index contributed by atoms with van der Waals surface area (Å²) in [4.78, 5) is 28.8. The highest BCUT2D eigenvalue weighted by Crippen LogP contribution is 2.22. The highest BCUT2D eigenvalue weighted by atomic mass is 16.5. The Morgan fingerprint density at radius 3 is 2.71 bits per heavy atom. The summed E-state index contributed by atoms with van der Waals surface area (Å²) in [6, 6.07) is 15.4. The average Bonchev–Trinajstić information content (AvgIpc) is 2.75. The summed E-state index contributed by atoms with van der Waals surface area (Å²) in [7, 11) is 0. The number of pyridine rings is 1. The van der Waals surface area contributed by atoms with Crippen LogP contribution in [-0.4, -0.2) is 23.3 Å². The molecule has 0 amide bonds. The fourth-order valence-electron chi connectivity index (χ4n) is 3.60. The molecule has 4 rings (SSSR count). The van der Waals surface area contributed by atoms with Crippen molar-refractivity contribution in [2.45, 2.75) is 25.7 Å². The standard InChI is InChI=1S/C24H21NO3/c26-22(21-11-10-17-5-1-2-6-20(17)15-21)16-28-23(27)13-12-19-8-3-7-18-9-4-14-25-24(18)19/h3-4,7-15H,1-2,5-6,16H2/b13-12+. The molecule has 28 heavy (non-hydrogen) atoms. The van der Waals surface area contributed by atoms with Crippen LogP contribution in [0.4, 0.5) is 0 Å². The number of rotatable bonds is 5. The van der Waals surface area contributed by atoms with Crippen molar-refractivity contribution in [1.29, 1.82) is 0 Å². The van der Waals surface area contributed by atoms with Gasteiger partial charge in [0, 0.05) is 28.8 Å². The van der Waals surface area contributed by atoms with Crippen molar-refractivity contribution in [3.63, 3.8) is 0 Å². The van der Waals surface area contributed by atoms with E-state index in [9.17, 15) is 9.59 Å². The van der Waals surface area contributed by atoms with Crippen molar-refractivity contribution in [1.82, 2.24) is 4.98 Å². The number of Topliss-reactive ketones (excluding diaryl/α,β-unsaturated/α-hetero) is 1. The monoisotopic (exact) mass is 371 g/mol. The van der Waals surface area contributed by atoms with Gasteiger partial charge in [-0.25, -0.2) is 4.79 Å². The van der Waals surface area contributed by atoms with Gasteiger partial charge >= 0.3 is 5.97 Å². The van der Waals surface area contributed by atoms with Crippen LogP contribution < -0.4 is 0 Å². The topological polar surface area (TPSA) is 56.3 Å². The van der Waals surface area contributed by atoms with Gasteiger partial charge < -0.3 is 4.74 Å². The lowest BCUT2D eigenvalue weighted by atomic mass is 9.90. The van der Waals surface area contributed by atoms with E-state index < -0.39 is 5.97 Å². The first-order valence-electron chi connectivity index (χ1n) is 9.54. The van der Waals surface area contributed by atoms with Gasteiger partial charge in [0.2, 0.25) is 0 Å². The molecule has 0 aliphatic heterocycles. The molecule has 0 spiro atoms. The molecule has 0 saturated carbocycles. The summed E-state index contributed by atoms with van der Waals surface area (Å²) < 4.78 is 5.14. The molecule has 1 heterocycles. The largest absolute Gasteiger partial charge is 0.454 e. The van der Waals surface area contributed by atoms with Gasteiger partial charge in [-0.2, -0.15) is 0 Å². The number of benzene rings is 2. The molecule has 4 heteroatoms. The Labute approximate surface area is 163 Å². The number of ether oxygens (including phenoxy) is 1. The predicted molar refractivity (Wildman–Crippen MR) is 109 cm³/mol. The first-order valence-corrected chi connectivity index (χ1v) is 9.54. The third-order valence-corrected chi connectivity index (χ3v) is 5.08. The first kappa shape index (κ1) is 18.1. The fourth-order valence-corrected chi connectivity index (χ4v) is 3.60. The van der Waals surface area contributed by atoms with Crippen LogP contribution in [0.3, 0.4) is 0 Å². The van der Waals surface area contributed by atoms with Gasteiger partial charge in [0.1, 0.15) is 0 Å². The second-order valence-electron chi connectivity index (χ2n) is 6.98. The smallest absolute Gasteiger partial charge is 0.331 e. The molecular formula is C24H21NO3. The molecule has 0 atom stereocenters. The van der Waals surface area contributed by atoms with Crippen LogP contribution in [-0.2, 0) is 22.4 Å². The maximum atomic E-state index is 12.4. The lowest BCUT2D eigenvalue weighted by Crippen LogP contribution is -2.13. The third kappa shape index (κ3) is 4.01. The van der Waals surface area contributed by atoms with E-state index in [1.807, 2.05) is 48.5 Å². The number of ketones is 1. The Morgan fingerprint density at radius 1 is 1.00 bits per heavy atom. The molecule has 0 unspecified atom stereocenters. The average molecular weight is 371 g/mol. The zero-order valence-corrected chi connectivity index (χ0v) is 15.6. The number of carbonyl (C=O) groups is 2. The van der Waals surface area contributed by atoms with Gasteiger partial charge in [0.05, 0.1) is 5.52 Å². The van der Waals surface area contributed by atoms with E-state index in [0.717, 1.165) is 35.7 Å². The van der Waals surface area contributed by atoms with Gasteiger partial charge in [0.25, 0.3) is 0 Å². The maximum Gasteiger partial charge on any atom is 0.331 e. The number of aromatic nitrogens is 1. The quantitative estimate of drug-likeness (QED) is 0.375. The second-order valence-corrected chi connectivity index (χ2v) is 6.98. The molecule has 0 bridgehead atoms. The normalized spacial score (nSPS) is 13.4. The van der Waals surface area contributed by atoms with E-state index in [0.29, 0.717) is 5.56 Å². The second kappa shape index (κ2) is 8.17. The van der Waals surface area contributed by atoms with E-state index in [4.69, 9.17) is 4.74 Å². The molecule has 0 N–H and O–H groups in total. The summed E-state index contributed by atoms with van der Waals surface area (Å²) in [5.41, 5.74) is 4.82. The molecule has 1 aliphatic carbocycles. The van der Waals surface area contributed by atoms with Crippen molar-refractivity contribution in [2.24, 2.45) is 0 Å². The highest BCUT2D eigenvalue weighted by Gasteiger charge is 2.14. The molecule has 2 aromatic carbocycles. The Morgan fingerprint density at radius 2 is 1.82 bits per heavy atom. The molecule has 140 valence electrons. The predicted octanol–water partition coefficient (Wildman–Crippen LogP) is 4.55. The number of esters is 1. The summed E-state index contributed by atoms with van der Waals surface area (Å²) in [5, 5.41) is 1.00. The van der Waals surface area contributed by atoms with E-state index in [2.05, 4.69) is 4.98 Å². The molecule has 0 fully saturated rings. The molecule has 1 aliphatic rings. The Balaban J connectivity index is 1.39. The molecule has 4 nitrogen and oxygen atoms in total. The van der Waals surface area contributed by atoms with Crippen LogP contribution in [0.2, 0.25) is 0 Å². The zero-order valence-electron chi connectivity index (χ0n) is 15.6. The summed E-state index contributed by atoms with van der Waals surface area (Å²) in [6.45, 7) is -0.254. The Bertz CT molecular complexity index is 1060. The number of aryl methyl sites for hydroxylation is 2. The SMILES string of the molecule is O=C(/C=C/c1cccc2cccnc12)OCC(=O)c1ccc2c(c1)CCCC2. The molecule has 1 aromatic heterocycles. The molecule has 0 saturated heterocycles. The number of para-hydroxylation sites is 1. The Hall–Kier alpha value is -3.27. The van der Waals surface area contributed by atoms with Crippen LogP contribution in [0.1, 0.15) is 39.9 Å². The van der Waals surface area contributed by atoms with Crippen molar-refractivity contribution >= 4 is 28.7 Å². The fraction of sp³-hybridized carbons (Fsp3) is 0.208. The van der Waals surface area contributed by atoms with Crippen molar-refractivity contribution in [2.75, 3.05) is 6.61 Å². The number of nitrogens with zero attached hydrogens (tertiary/aromatic N) is 1. The minimum absolute atomic E-state index is 0.179. The van der Waals surface area contributed by atoms with Crippen LogP contribution in [0, 0.1) is 0 Å².